The monoisotopic (exact) mass is 427 g/mol. The fourth-order valence-corrected chi connectivity index (χ4v) is 5.39. The Morgan fingerprint density at radius 3 is 2.61 bits per heavy atom. The molecule has 3 rings (SSSR count). The molecule has 1 aliphatic rings. The highest BCUT2D eigenvalue weighted by Crippen LogP contribution is 2.31. The van der Waals surface area contributed by atoms with E-state index in [1.54, 1.807) is 7.05 Å². The lowest BCUT2D eigenvalue weighted by atomic mass is 10.2. The highest BCUT2D eigenvalue weighted by Gasteiger charge is 2.40. The second kappa shape index (κ2) is 7.81. The minimum atomic E-state index is -3.98. The van der Waals surface area contributed by atoms with Gasteiger partial charge in [0.25, 0.3) is 5.91 Å². The van der Waals surface area contributed by atoms with E-state index in [1.165, 1.54) is 0 Å². The van der Waals surface area contributed by atoms with Gasteiger partial charge < -0.3 is 16.4 Å². The minimum absolute atomic E-state index is 0.0957. The summed E-state index contributed by atoms with van der Waals surface area (Å²) in [6, 6.07) is 3.45. The van der Waals surface area contributed by atoms with Gasteiger partial charge in [-0.2, -0.15) is 4.31 Å². The number of halogens is 1. The number of nitrogens with zero attached hydrogens (tertiary/aromatic N) is 2. The van der Waals surface area contributed by atoms with Crippen LogP contribution in [-0.2, 0) is 14.8 Å². The average Bonchev–Trinajstić information content (AvgIpc) is 3.29. The summed E-state index contributed by atoms with van der Waals surface area (Å²) in [6.45, 7) is 0.158. The smallest absolute Gasteiger partial charge is 0.270 e. The largest absolute Gasteiger partial charge is 0.365 e. The molecule has 1 fully saturated rings. The van der Waals surface area contributed by atoms with E-state index in [0.717, 1.165) is 39.9 Å². The van der Waals surface area contributed by atoms with Crippen LogP contribution in [0.1, 0.15) is 23.3 Å². The lowest BCUT2D eigenvalue weighted by Crippen LogP contribution is -2.43. The Hall–Kier alpha value is -2.57. The van der Waals surface area contributed by atoms with Gasteiger partial charge in [0.15, 0.2) is 10.8 Å². The van der Waals surface area contributed by atoms with Crippen LogP contribution in [-0.4, -0.2) is 49.2 Å². The van der Waals surface area contributed by atoms with E-state index in [4.69, 9.17) is 5.73 Å². The van der Waals surface area contributed by atoms with Crippen molar-refractivity contribution < 1.29 is 22.4 Å². The summed E-state index contributed by atoms with van der Waals surface area (Å²) in [7, 11) is -2.38. The lowest BCUT2D eigenvalue weighted by Gasteiger charge is -2.23. The number of rotatable bonds is 6. The van der Waals surface area contributed by atoms with Crippen LogP contribution in [0.25, 0.3) is 0 Å². The molecule has 1 unspecified atom stereocenters. The quantitative estimate of drug-likeness (QED) is 0.634. The van der Waals surface area contributed by atoms with Crippen molar-refractivity contribution in [2.45, 2.75) is 23.8 Å². The summed E-state index contributed by atoms with van der Waals surface area (Å²) in [4.78, 5) is 28.2. The molecule has 9 nitrogen and oxygen atoms in total. The van der Waals surface area contributed by atoms with Crippen LogP contribution in [0, 0.1) is 5.82 Å². The molecule has 1 aromatic heterocycles. The van der Waals surface area contributed by atoms with Crippen molar-refractivity contribution in [1.29, 1.82) is 0 Å². The number of hydrogen-bond donors (Lipinski definition) is 3. The van der Waals surface area contributed by atoms with Crippen molar-refractivity contribution in [3.05, 3.63) is 35.8 Å². The first-order chi connectivity index (χ1) is 13.2. The molecule has 0 spiro atoms. The van der Waals surface area contributed by atoms with Crippen molar-refractivity contribution >= 4 is 43.3 Å². The van der Waals surface area contributed by atoms with Gasteiger partial charge >= 0.3 is 0 Å². The highest BCUT2D eigenvalue weighted by molar-refractivity contribution is 7.89. The van der Waals surface area contributed by atoms with Gasteiger partial charge in [-0.05, 0) is 37.1 Å². The fraction of sp³-hybridized carbons (Fsp3) is 0.312. The zero-order valence-corrected chi connectivity index (χ0v) is 16.4. The molecule has 28 heavy (non-hydrogen) atoms. The summed E-state index contributed by atoms with van der Waals surface area (Å²) in [5.74, 6) is -1.95. The van der Waals surface area contributed by atoms with E-state index in [2.05, 4.69) is 15.6 Å². The van der Waals surface area contributed by atoms with E-state index in [9.17, 15) is 22.4 Å². The molecule has 1 saturated heterocycles. The van der Waals surface area contributed by atoms with Gasteiger partial charge in [-0.3, -0.25) is 9.59 Å². The van der Waals surface area contributed by atoms with Crippen molar-refractivity contribution in [2.75, 3.05) is 24.2 Å². The summed E-state index contributed by atoms with van der Waals surface area (Å²) in [5, 5.41) is 5.84. The molecule has 4 N–H and O–H groups in total. The van der Waals surface area contributed by atoms with Gasteiger partial charge in [0.1, 0.15) is 16.9 Å². The molecule has 0 radical (unpaired) electrons. The zero-order chi connectivity index (χ0) is 20.5. The number of benzene rings is 1. The second-order valence-corrected chi connectivity index (χ2v) is 8.92. The molecule has 1 aromatic carbocycles. The van der Waals surface area contributed by atoms with E-state index in [0.29, 0.717) is 18.0 Å². The number of hydrogen-bond acceptors (Lipinski definition) is 7. The SMILES string of the molecule is CNc1nc(C(N)=O)c(NC(=O)C2CCCN2S(=O)(=O)c2ccc(F)cc2)s1. The number of anilines is 2. The number of aromatic nitrogens is 1. The molecular weight excluding hydrogens is 409 g/mol. The summed E-state index contributed by atoms with van der Waals surface area (Å²) in [5.41, 5.74) is 5.18. The zero-order valence-electron chi connectivity index (χ0n) is 14.8. The summed E-state index contributed by atoms with van der Waals surface area (Å²) >= 11 is 1.02. The molecule has 12 heteroatoms. The van der Waals surface area contributed by atoms with Crippen molar-refractivity contribution in [1.82, 2.24) is 9.29 Å². The maximum Gasteiger partial charge on any atom is 0.270 e. The predicted octanol–water partition coefficient (Wildman–Crippen LogP) is 1.21. The van der Waals surface area contributed by atoms with E-state index < -0.39 is 33.7 Å². The van der Waals surface area contributed by atoms with Gasteiger partial charge in [0.05, 0.1) is 4.90 Å². The predicted molar refractivity (Wildman–Crippen MR) is 102 cm³/mol. The van der Waals surface area contributed by atoms with E-state index >= 15 is 0 Å². The number of carbonyl (C=O) groups excluding carboxylic acids is 2. The molecule has 2 aromatic rings. The third-order valence-electron chi connectivity index (χ3n) is 4.24. The normalized spacial score (nSPS) is 17.4. The number of sulfonamides is 1. The van der Waals surface area contributed by atoms with Gasteiger partial charge in [-0.1, -0.05) is 11.3 Å². The van der Waals surface area contributed by atoms with Gasteiger partial charge in [-0.15, -0.1) is 0 Å². The Balaban J connectivity index is 1.85. The maximum atomic E-state index is 13.1. The first-order valence-electron chi connectivity index (χ1n) is 8.30. The number of thiazole rings is 1. The Morgan fingerprint density at radius 1 is 1.32 bits per heavy atom. The first kappa shape index (κ1) is 20.2. The molecule has 1 aliphatic heterocycles. The highest BCUT2D eigenvalue weighted by atomic mass is 32.2. The lowest BCUT2D eigenvalue weighted by molar-refractivity contribution is -0.119. The fourth-order valence-electron chi connectivity index (χ4n) is 2.91. The number of amides is 2. The number of carbonyl (C=O) groups is 2. The van der Waals surface area contributed by atoms with Crippen LogP contribution in [0.3, 0.4) is 0 Å². The minimum Gasteiger partial charge on any atom is -0.365 e. The third kappa shape index (κ3) is 3.84. The van der Waals surface area contributed by atoms with E-state index in [1.807, 2.05) is 0 Å². The molecule has 0 aliphatic carbocycles. The Labute approximate surface area is 164 Å². The van der Waals surface area contributed by atoms with Crippen LogP contribution in [0.4, 0.5) is 14.5 Å². The molecule has 2 amide bonds. The summed E-state index contributed by atoms with van der Waals surface area (Å²) in [6.07, 6.45) is 0.807. The molecule has 1 atom stereocenters. The molecule has 2 heterocycles. The van der Waals surface area contributed by atoms with E-state index in [-0.39, 0.29) is 22.1 Å². The Morgan fingerprint density at radius 2 is 2.00 bits per heavy atom. The van der Waals surface area contributed by atoms with Gasteiger partial charge in [0.2, 0.25) is 15.9 Å². The van der Waals surface area contributed by atoms with Crippen molar-refractivity contribution in [2.24, 2.45) is 5.73 Å². The van der Waals surface area contributed by atoms with Crippen molar-refractivity contribution in [3.63, 3.8) is 0 Å². The van der Waals surface area contributed by atoms with Crippen molar-refractivity contribution in [3.8, 4) is 0 Å². The molecular formula is C16H18FN5O4S2. The second-order valence-electron chi connectivity index (χ2n) is 6.03. The third-order valence-corrected chi connectivity index (χ3v) is 7.15. The topological polar surface area (TPSA) is 134 Å². The number of nitrogens with two attached hydrogens (primary N) is 1. The van der Waals surface area contributed by atoms with Crippen LogP contribution in [0.15, 0.2) is 29.2 Å². The Bertz CT molecular complexity index is 1010. The number of nitrogens with one attached hydrogen (secondary N) is 2. The molecule has 150 valence electrons. The van der Waals surface area contributed by atoms with Gasteiger partial charge in [-0.25, -0.2) is 17.8 Å². The maximum absolute atomic E-state index is 13.1. The van der Waals surface area contributed by atoms with Gasteiger partial charge in [0, 0.05) is 13.6 Å². The average molecular weight is 427 g/mol. The number of primary amides is 1. The standard InChI is InChI=1S/C16H18FN5O4S2/c1-19-16-20-12(13(18)23)15(27-16)21-14(24)11-3-2-8-22(11)28(25,26)10-6-4-9(17)5-7-10/h4-7,11H,2-3,8H2,1H3,(H2,18,23)(H,19,20)(H,21,24). The molecule has 0 bridgehead atoms. The van der Waals surface area contributed by atoms with Crippen LogP contribution in [0.5, 0.6) is 0 Å². The Kier molecular flexibility index (Phi) is 5.63. The van der Waals surface area contributed by atoms with Crippen LogP contribution < -0.4 is 16.4 Å². The first-order valence-corrected chi connectivity index (χ1v) is 10.6. The van der Waals surface area contributed by atoms with Crippen LogP contribution >= 0.6 is 11.3 Å². The summed E-state index contributed by atoms with van der Waals surface area (Å²) < 4.78 is 39.9. The molecule has 0 saturated carbocycles. The van der Waals surface area contributed by atoms with Crippen LogP contribution in [0.2, 0.25) is 0 Å².